The fraction of sp³-hybridized carbons (Fsp3) is 0.435. The lowest BCUT2D eigenvalue weighted by Gasteiger charge is -2.33. The average Bonchev–Trinajstić information content (AvgIpc) is 2.65. The van der Waals surface area contributed by atoms with Gasteiger partial charge in [-0.25, -0.2) is 0 Å². The van der Waals surface area contributed by atoms with Crippen molar-refractivity contribution in [2.45, 2.75) is 38.5 Å². The van der Waals surface area contributed by atoms with E-state index < -0.39 is 5.41 Å². The molecule has 4 heteroatoms. The maximum absolute atomic E-state index is 10.1. The van der Waals surface area contributed by atoms with Crippen LogP contribution in [0, 0.1) is 17.2 Å². The fourth-order valence-corrected chi connectivity index (χ4v) is 4.31. The predicted octanol–water partition coefficient (Wildman–Crippen LogP) is 6.37. The van der Waals surface area contributed by atoms with E-state index in [1.165, 1.54) is 5.56 Å². The molecule has 2 rings (SSSR count). The molecular weight excluding hydrogens is 375 g/mol. The molecule has 0 aromatic heterocycles. The number of hydrogen-bond donors (Lipinski definition) is 0. The third kappa shape index (κ3) is 5.48. The summed E-state index contributed by atoms with van der Waals surface area (Å²) in [5.41, 5.74) is 1.45. The molecular formula is C23H28Cl2N2. The van der Waals surface area contributed by atoms with E-state index in [-0.39, 0.29) is 5.92 Å². The van der Waals surface area contributed by atoms with Gasteiger partial charge in [-0.15, -0.1) is 0 Å². The summed E-state index contributed by atoms with van der Waals surface area (Å²) in [7, 11) is 2.13. The van der Waals surface area contributed by atoms with Crippen molar-refractivity contribution in [3.63, 3.8) is 0 Å². The highest BCUT2D eigenvalue weighted by Gasteiger charge is 2.39. The molecule has 0 saturated carbocycles. The van der Waals surface area contributed by atoms with Crippen LogP contribution in [0.5, 0.6) is 0 Å². The third-order valence-corrected chi connectivity index (χ3v) is 5.96. The summed E-state index contributed by atoms with van der Waals surface area (Å²) in [6.07, 6.45) is 2.68. The highest BCUT2D eigenvalue weighted by molar-refractivity contribution is 6.36. The number of nitrogens with zero attached hydrogens (tertiary/aromatic N) is 2. The van der Waals surface area contributed by atoms with Crippen molar-refractivity contribution in [3.8, 4) is 6.07 Å². The summed E-state index contributed by atoms with van der Waals surface area (Å²) in [6, 6.07) is 18.5. The van der Waals surface area contributed by atoms with Crippen LogP contribution in [0.3, 0.4) is 0 Å². The Morgan fingerprint density at radius 2 is 1.63 bits per heavy atom. The maximum atomic E-state index is 10.1. The van der Waals surface area contributed by atoms with E-state index in [9.17, 15) is 5.26 Å². The van der Waals surface area contributed by atoms with E-state index in [1.54, 1.807) is 0 Å². The Labute approximate surface area is 173 Å². The lowest BCUT2D eigenvalue weighted by Crippen LogP contribution is -2.33. The van der Waals surface area contributed by atoms with Crippen LogP contribution in [-0.4, -0.2) is 25.0 Å². The quantitative estimate of drug-likeness (QED) is 0.487. The van der Waals surface area contributed by atoms with Crippen LogP contribution in [0.2, 0.25) is 10.0 Å². The van der Waals surface area contributed by atoms with E-state index in [1.807, 2.05) is 24.3 Å². The van der Waals surface area contributed by atoms with Crippen LogP contribution >= 0.6 is 23.2 Å². The van der Waals surface area contributed by atoms with Crippen LogP contribution < -0.4 is 0 Å². The molecule has 0 heterocycles. The number of halogens is 2. The molecule has 2 nitrogen and oxygen atoms in total. The minimum atomic E-state index is -0.671. The van der Waals surface area contributed by atoms with Crippen LogP contribution in [0.1, 0.15) is 37.8 Å². The largest absolute Gasteiger partial charge is 0.306 e. The highest BCUT2D eigenvalue weighted by Crippen LogP contribution is 2.43. The van der Waals surface area contributed by atoms with E-state index in [0.29, 0.717) is 10.0 Å². The van der Waals surface area contributed by atoms with Crippen LogP contribution in [-0.2, 0) is 11.8 Å². The predicted molar refractivity (Wildman–Crippen MR) is 115 cm³/mol. The minimum absolute atomic E-state index is 0.120. The molecule has 1 atom stereocenters. The average molecular weight is 403 g/mol. The second-order valence-electron chi connectivity index (χ2n) is 7.48. The Hall–Kier alpha value is -1.53. The first kappa shape index (κ1) is 21.8. The molecule has 1 unspecified atom stereocenters. The SMILES string of the molecule is CC(C)C(C#N)(CCCN(C)CCc1ccccc1)c1c(Cl)cccc1Cl. The molecule has 0 bridgehead atoms. The zero-order chi connectivity index (χ0) is 19.9. The van der Waals surface area contributed by atoms with Gasteiger partial charge in [-0.05, 0) is 56.5 Å². The molecule has 0 aliphatic heterocycles. The monoisotopic (exact) mass is 402 g/mol. The molecule has 2 aromatic carbocycles. The van der Waals surface area contributed by atoms with Gasteiger partial charge in [0.1, 0.15) is 0 Å². The maximum Gasteiger partial charge on any atom is 0.0874 e. The van der Waals surface area contributed by atoms with E-state index in [2.05, 4.69) is 56.1 Å². The van der Waals surface area contributed by atoms with Crippen molar-refractivity contribution < 1.29 is 0 Å². The Kier molecular flexibility index (Phi) is 8.17. The Morgan fingerprint density at radius 1 is 1.00 bits per heavy atom. The summed E-state index contributed by atoms with van der Waals surface area (Å²) >= 11 is 12.9. The van der Waals surface area contributed by atoms with Gasteiger partial charge in [0, 0.05) is 22.2 Å². The van der Waals surface area contributed by atoms with Crippen LogP contribution in [0.25, 0.3) is 0 Å². The van der Waals surface area contributed by atoms with Gasteiger partial charge >= 0.3 is 0 Å². The molecule has 0 spiro atoms. The van der Waals surface area contributed by atoms with Crippen LogP contribution in [0.15, 0.2) is 48.5 Å². The Balaban J connectivity index is 2.02. The van der Waals surface area contributed by atoms with Crippen molar-refractivity contribution in [3.05, 3.63) is 69.7 Å². The van der Waals surface area contributed by atoms with Gasteiger partial charge in [0.2, 0.25) is 0 Å². The van der Waals surface area contributed by atoms with Gasteiger partial charge in [0.15, 0.2) is 0 Å². The molecule has 0 radical (unpaired) electrons. The molecule has 0 saturated heterocycles. The molecule has 0 aliphatic rings. The van der Waals surface area contributed by atoms with Crippen molar-refractivity contribution in [1.29, 1.82) is 5.26 Å². The van der Waals surface area contributed by atoms with Crippen molar-refractivity contribution in [2.75, 3.05) is 20.1 Å². The van der Waals surface area contributed by atoms with Crippen molar-refractivity contribution >= 4 is 23.2 Å². The molecule has 0 N–H and O–H groups in total. The van der Waals surface area contributed by atoms with Crippen molar-refractivity contribution in [2.24, 2.45) is 5.92 Å². The normalized spacial score (nSPS) is 13.6. The summed E-state index contributed by atoms with van der Waals surface area (Å²) in [5.74, 6) is 0.120. The standard InChI is InChI=1S/C23H28Cl2N2/c1-18(2)23(17-26,22-20(24)11-7-12-21(22)25)14-8-15-27(3)16-13-19-9-5-4-6-10-19/h4-7,9-12,18H,8,13-16H2,1-3H3. The topological polar surface area (TPSA) is 27.0 Å². The van der Waals surface area contributed by atoms with Crippen LogP contribution in [0.4, 0.5) is 0 Å². The number of hydrogen-bond acceptors (Lipinski definition) is 2. The minimum Gasteiger partial charge on any atom is -0.306 e. The van der Waals surface area contributed by atoms with Gasteiger partial charge < -0.3 is 4.90 Å². The summed E-state index contributed by atoms with van der Waals surface area (Å²) in [4.78, 5) is 2.32. The molecule has 0 fully saturated rings. The third-order valence-electron chi connectivity index (χ3n) is 5.33. The molecule has 27 heavy (non-hydrogen) atoms. The van der Waals surface area contributed by atoms with Gasteiger partial charge in [-0.3, -0.25) is 0 Å². The molecule has 0 amide bonds. The highest BCUT2D eigenvalue weighted by atomic mass is 35.5. The van der Waals surface area contributed by atoms with Gasteiger partial charge in [-0.2, -0.15) is 5.26 Å². The lowest BCUT2D eigenvalue weighted by molar-refractivity contribution is 0.294. The number of likely N-dealkylation sites (N-methyl/N-ethyl adjacent to an activating group) is 1. The van der Waals surface area contributed by atoms with E-state index in [4.69, 9.17) is 23.2 Å². The summed E-state index contributed by atoms with van der Waals surface area (Å²) < 4.78 is 0. The smallest absolute Gasteiger partial charge is 0.0874 e. The Bertz CT molecular complexity index is 747. The summed E-state index contributed by atoms with van der Waals surface area (Å²) in [6.45, 7) is 6.08. The van der Waals surface area contributed by atoms with Gasteiger partial charge in [0.05, 0.1) is 11.5 Å². The lowest BCUT2D eigenvalue weighted by atomic mass is 9.69. The first-order chi connectivity index (χ1) is 12.9. The van der Waals surface area contributed by atoms with E-state index >= 15 is 0 Å². The molecule has 0 aliphatic carbocycles. The summed E-state index contributed by atoms with van der Waals surface area (Å²) in [5, 5.41) is 11.2. The van der Waals surface area contributed by atoms with Gasteiger partial charge in [0.25, 0.3) is 0 Å². The first-order valence-electron chi connectivity index (χ1n) is 9.49. The molecule has 144 valence electrons. The number of rotatable bonds is 9. The zero-order valence-electron chi connectivity index (χ0n) is 16.4. The molecule has 2 aromatic rings. The zero-order valence-corrected chi connectivity index (χ0v) is 17.9. The van der Waals surface area contributed by atoms with E-state index in [0.717, 1.165) is 37.9 Å². The Morgan fingerprint density at radius 3 is 2.19 bits per heavy atom. The second-order valence-corrected chi connectivity index (χ2v) is 8.29. The van der Waals surface area contributed by atoms with Gasteiger partial charge in [-0.1, -0.05) is 73.4 Å². The van der Waals surface area contributed by atoms with Crippen molar-refractivity contribution in [1.82, 2.24) is 4.90 Å². The number of benzene rings is 2. The second kappa shape index (κ2) is 10.1. The first-order valence-corrected chi connectivity index (χ1v) is 10.2. The number of nitriles is 1. The fourth-order valence-electron chi connectivity index (χ4n) is 3.57.